The lowest BCUT2D eigenvalue weighted by atomic mass is 9.85. The van der Waals surface area contributed by atoms with Crippen LogP contribution in [0.5, 0.6) is 0 Å². The number of anilines is 1. The molecule has 3 N–H and O–H groups in total. The van der Waals surface area contributed by atoms with Gasteiger partial charge in [-0.25, -0.2) is 4.39 Å². The highest BCUT2D eigenvalue weighted by Crippen LogP contribution is 2.29. The Morgan fingerprint density at radius 3 is 2.94 bits per heavy atom. The molecule has 1 aromatic rings. The number of aryl methyl sites for hydroxylation is 1. The van der Waals surface area contributed by atoms with Gasteiger partial charge >= 0.3 is 0 Å². The first kappa shape index (κ1) is 13.0. The predicted molar refractivity (Wildman–Crippen MR) is 66.7 cm³/mol. The first-order chi connectivity index (χ1) is 8.43. The lowest BCUT2D eigenvalue weighted by Crippen LogP contribution is -2.47. The monoisotopic (exact) mass is 252 g/mol. The number of carbonyl (C=O) groups excluding carboxylic acids is 1. The molecule has 2 unspecified atom stereocenters. The van der Waals surface area contributed by atoms with Gasteiger partial charge in [0.25, 0.3) is 0 Å². The van der Waals surface area contributed by atoms with Crippen LogP contribution in [0.4, 0.5) is 10.1 Å². The van der Waals surface area contributed by atoms with Crippen molar-refractivity contribution in [1.29, 1.82) is 0 Å². The molecule has 0 aromatic heterocycles. The van der Waals surface area contributed by atoms with Crippen LogP contribution < -0.4 is 11.1 Å². The van der Waals surface area contributed by atoms with Crippen molar-refractivity contribution < 1.29 is 13.9 Å². The first-order valence-corrected chi connectivity index (χ1v) is 5.84. The normalized spacial score (nSPS) is 27.2. The highest BCUT2D eigenvalue weighted by molar-refractivity contribution is 5.96. The van der Waals surface area contributed by atoms with Crippen LogP contribution in [0, 0.1) is 18.2 Å². The fraction of sp³-hybridized carbons (Fsp3) is 0.462. The van der Waals surface area contributed by atoms with Gasteiger partial charge in [0.1, 0.15) is 5.82 Å². The van der Waals surface area contributed by atoms with Gasteiger partial charge in [-0.05, 0) is 31.5 Å². The molecule has 1 saturated heterocycles. The molecule has 0 bridgehead atoms. The summed E-state index contributed by atoms with van der Waals surface area (Å²) in [6.07, 6.45) is 0. The van der Waals surface area contributed by atoms with Crippen LogP contribution in [0.2, 0.25) is 0 Å². The number of nitrogens with one attached hydrogen (secondary N) is 1. The largest absolute Gasteiger partial charge is 0.379 e. The molecule has 2 rings (SSSR count). The van der Waals surface area contributed by atoms with E-state index in [1.165, 1.54) is 6.07 Å². The third-order valence-corrected chi connectivity index (χ3v) is 3.41. The lowest BCUT2D eigenvalue weighted by molar-refractivity contribution is -0.125. The van der Waals surface area contributed by atoms with E-state index in [9.17, 15) is 9.18 Å². The Labute approximate surface area is 105 Å². The van der Waals surface area contributed by atoms with Gasteiger partial charge in [0.15, 0.2) is 0 Å². The minimum atomic E-state index is -0.809. The lowest BCUT2D eigenvalue weighted by Gasteiger charge is -2.25. The number of rotatable bonds is 2. The smallest absolute Gasteiger partial charge is 0.234 e. The predicted octanol–water partition coefficient (Wildman–Crippen LogP) is 1.44. The third-order valence-electron chi connectivity index (χ3n) is 3.41. The zero-order chi connectivity index (χ0) is 13.3. The zero-order valence-electron chi connectivity index (χ0n) is 10.5. The van der Waals surface area contributed by atoms with Crippen molar-refractivity contribution in [3.8, 4) is 0 Å². The topological polar surface area (TPSA) is 64.3 Å². The van der Waals surface area contributed by atoms with Gasteiger partial charge in [-0.3, -0.25) is 4.79 Å². The number of ether oxygens (including phenoxy) is 1. The summed E-state index contributed by atoms with van der Waals surface area (Å²) in [5.74, 6) is -0.762. The molecule has 0 saturated carbocycles. The van der Waals surface area contributed by atoms with Crippen LogP contribution in [0.3, 0.4) is 0 Å². The zero-order valence-corrected chi connectivity index (χ0v) is 10.5. The third kappa shape index (κ3) is 2.23. The van der Waals surface area contributed by atoms with E-state index in [0.29, 0.717) is 6.61 Å². The molecule has 1 heterocycles. The van der Waals surface area contributed by atoms with Gasteiger partial charge < -0.3 is 15.8 Å². The molecule has 1 aromatic carbocycles. The molecule has 1 aliphatic heterocycles. The van der Waals surface area contributed by atoms with Crippen molar-refractivity contribution in [3.05, 3.63) is 29.6 Å². The Balaban J connectivity index is 2.19. The number of benzene rings is 1. The second-order valence-electron chi connectivity index (χ2n) is 4.98. The molecule has 1 fully saturated rings. The van der Waals surface area contributed by atoms with E-state index in [1.54, 1.807) is 19.1 Å². The summed E-state index contributed by atoms with van der Waals surface area (Å²) in [7, 11) is 0. The number of hydrogen-bond acceptors (Lipinski definition) is 3. The molecule has 98 valence electrons. The molecule has 0 aliphatic carbocycles. The van der Waals surface area contributed by atoms with Gasteiger partial charge in [-0.1, -0.05) is 6.07 Å². The van der Waals surface area contributed by atoms with Crippen LogP contribution in [0.15, 0.2) is 18.2 Å². The fourth-order valence-electron chi connectivity index (χ4n) is 1.92. The van der Waals surface area contributed by atoms with Crippen LogP contribution in [0.1, 0.15) is 12.5 Å². The number of nitrogens with two attached hydrogens (primary N) is 1. The van der Waals surface area contributed by atoms with Gasteiger partial charge in [-0.15, -0.1) is 0 Å². The molecule has 0 radical (unpaired) electrons. The second kappa shape index (κ2) is 4.66. The summed E-state index contributed by atoms with van der Waals surface area (Å²) in [4.78, 5) is 12.2. The highest BCUT2D eigenvalue weighted by atomic mass is 19.1. The summed E-state index contributed by atoms with van der Waals surface area (Å²) in [6, 6.07) is 4.21. The SMILES string of the molecule is Cc1ccc(F)c(NC(=O)C2(C)COCC2N)c1. The maximum atomic E-state index is 13.6. The van der Waals surface area contributed by atoms with Crippen molar-refractivity contribution in [1.82, 2.24) is 0 Å². The Kier molecular flexibility index (Phi) is 3.36. The Morgan fingerprint density at radius 2 is 2.33 bits per heavy atom. The molecule has 0 spiro atoms. The van der Waals surface area contributed by atoms with Crippen molar-refractivity contribution >= 4 is 11.6 Å². The number of halogens is 1. The van der Waals surface area contributed by atoms with Crippen molar-refractivity contribution in [2.75, 3.05) is 18.5 Å². The first-order valence-electron chi connectivity index (χ1n) is 5.84. The fourth-order valence-corrected chi connectivity index (χ4v) is 1.92. The van der Waals surface area contributed by atoms with Crippen molar-refractivity contribution in [2.24, 2.45) is 11.1 Å². The van der Waals surface area contributed by atoms with E-state index in [1.807, 2.05) is 6.92 Å². The van der Waals surface area contributed by atoms with E-state index in [0.717, 1.165) is 5.56 Å². The van der Waals surface area contributed by atoms with Gasteiger partial charge in [0.05, 0.1) is 24.3 Å². The molecule has 1 amide bonds. The molecule has 18 heavy (non-hydrogen) atoms. The molecular weight excluding hydrogens is 235 g/mol. The molecule has 5 heteroatoms. The van der Waals surface area contributed by atoms with Crippen LogP contribution >= 0.6 is 0 Å². The summed E-state index contributed by atoms with van der Waals surface area (Å²) in [6.45, 7) is 4.17. The van der Waals surface area contributed by atoms with Crippen LogP contribution in [-0.2, 0) is 9.53 Å². The summed E-state index contributed by atoms with van der Waals surface area (Å²) in [5.41, 5.74) is 6.11. The standard InChI is InChI=1S/C13H17FN2O2/c1-8-3-4-9(14)10(5-8)16-12(17)13(2)7-18-6-11(13)15/h3-5,11H,6-7,15H2,1-2H3,(H,16,17). The average molecular weight is 252 g/mol. The Hall–Kier alpha value is -1.46. The van der Waals surface area contributed by atoms with Crippen LogP contribution in [-0.4, -0.2) is 25.2 Å². The van der Waals surface area contributed by atoms with E-state index >= 15 is 0 Å². The quantitative estimate of drug-likeness (QED) is 0.837. The molecular formula is C13H17FN2O2. The van der Waals surface area contributed by atoms with E-state index < -0.39 is 11.2 Å². The highest BCUT2D eigenvalue weighted by Gasteiger charge is 2.44. The number of carbonyl (C=O) groups is 1. The van der Waals surface area contributed by atoms with E-state index in [4.69, 9.17) is 10.5 Å². The maximum Gasteiger partial charge on any atom is 0.234 e. The second-order valence-corrected chi connectivity index (χ2v) is 4.98. The molecule has 4 nitrogen and oxygen atoms in total. The Morgan fingerprint density at radius 1 is 1.61 bits per heavy atom. The summed E-state index contributed by atoms with van der Waals surface area (Å²) >= 11 is 0. The average Bonchev–Trinajstić information content (AvgIpc) is 2.66. The summed E-state index contributed by atoms with van der Waals surface area (Å²) in [5, 5.41) is 2.59. The summed E-state index contributed by atoms with van der Waals surface area (Å²) < 4.78 is 18.8. The number of hydrogen-bond donors (Lipinski definition) is 2. The molecule has 2 atom stereocenters. The van der Waals surface area contributed by atoms with Gasteiger partial charge in [-0.2, -0.15) is 0 Å². The number of amides is 1. The minimum Gasteiger partial charge on any atom is -0.379 e. The van der Waals surface area contributed by atoms with E-state index in [-0.39, 0.29) is 24.2 Å². The Bertz CT molecular complexity index is 478. The van der Waals surface area contributed by atoms with Gasteiger partial charge in [0.2, 0.25) is 5.91 Å². The van der Waals surface area contributed by atoms with Gasteiger partial charge in [0, 0.05) is 6.04 Å². The van der Waals surface area contributed by atoms with Crippen molar-refractivity contribution in [3.63, 3.8) is 0 Å². The van der Waals surface area contributed by atoms with Crippen molar-refractivity contribution in [2.45, 2.75) is 19.9 Å². The van der Waals surface area contributed by atoms with Crippen LogP contribution in [0.25, 0.3) is 0 Å². The maximum absolute atomic E-state index is 13.6. The minimum absolute atomic E-state index is 0.181. The van der Waals surface area contributed by atoms with E-state index in [2.05, 4.69) is 5.32 Å². The molecule has 1 aliphatic rings.